The summed E-state index contributed by atoms with van der Waals surface area (Å²) in [5.41, 5.74) is 5.55. The van der Waals surface area contributed by atoms with E-state index in [1.54, 1.807) is 13.3 Å². The number of ether oxygens (including phenoxy) is 1. The summed E-state index contributed by atoms with van der Waals surface area (Å²) in [7, 11) is 1.69. The first kappa shape index (κ1) is 20.6. The molecule has 1 fully saturated rings. The Kier molecular flexibility index (Phi) is 6.92. The van der Waals surface area contributed by atoms with Gasteiger partial charge >= 0.3 is 0 Å². The summed E-state index contributed by atoms with van der Waals surface area (Å²) in [5, 5.41) is 6.42. The van der Waals surface area contributed by atoms with E-state index in [9.17, 15) is 4.79 Å². The quantitative estimate of drug-likeness (QED) is 0.780. The molecular weight excluding hydrogens is 374 g/mol. The highest BCUT2D eigenvalue weighted by molar-refractivity contribution is 5.94. The van der Waals surface area contributed by atoms with E-state index in [2.05, 4.69) is 27.8 Å². The normalized spacial score (nSPS) is 17.7. The zero-order valence-corrected chi connectivity index (χ0v) is 17.1. The molecule has 4 rings (SSSR count). The zero-order chi connectivity index (χ0) is 18.6. The number of amides is 1. The van der Waals surface area contributed by atoms with E-state index in [1.807, 2.05) is 12.3 Å². The minimum atomic E-state index is -0.0866. The number of aromatic nitrogens is 1. The Hall–Kier alpha value is -2.11. The Morgan fingerprint density at radius 2 is 2.07 bits per heavy atom. The van der Waals surface area contributed by atoms with E-state index in [-0.39, 0.29) is 18.3 Å². The van der Waals surface area contributed by atoms with E-state index in [1.165, 1.54) is 24.0 Å². The number of carbonyl (C=O) groups is 1. The van der Waals surface area contributed by atoms with Gasteiger partial charge in [-0.25, -0.2) is 0 Å². The van der Waals surface area contributed by atoms with Crippen LogP contribution in [0, 0.1) is 5.92 Å². The first-order valence-corrected chi connectivity index (χ1v) is 9.84. The van der Waals surface area contributed by atoms with Crippen LogP contribution in [0.25, 0.3) is 0 Å². The average molecular weight is 402 g/mol. The number of methoxy groups -OCH3 is 1. The number of carbonyl (C=O) groups excluding carboxylic acids is 1. The number of nitrogens with one attached hydrogen (secondary N) is 2. The summed E-state index contributed by atoms with van der Waals surface area (Å²) in [6.45, 7) is 2.60. The summed E-state index contributed by atoms with van der Waals surface area (Å²) in [6, 6.07) is 6.28. The zero-order valence-electron chi connectivity index (χ0n) is 16.3. The summed E-state index contributed by atoms with van der Waals surface area (Å²) >= 11 is 0. The number of benzene rings is 1. The third-order valence-electron chi connectivity index (χ3n) is 5.68. The fraction of sp³-hybridized carbons (Fsp3) is 0.455. The number of fused-ring (bicyclic) bond motifs is 1. The molecule has 1 amide bonds. The van der Waals surface area contributed by atoms with Crippen molar-refractivity contribution in [2.24, 2.45) is 5.92 Å². The molecule has 1 saturated heterocycles. The SMILES string of the molecule is COc1cc2c(cc1CNC(=O)c1cncc(CC3CCNC3)c1)CCC2.Cl. The van der Waals surface area contributed by atoms with Crippen molar-refractivity contribution >= 4 is 18.3 Å². The monoisotopic (exact) mass is 401 g/mol. The van der Waals surface area contributed by atoms with Crippen molar-refractivity contribution in [3.05, 3.63) is 58.4 Å². The van der Waals surface area contributed by atoms with Crippen molar-refractivity contribution in [3.63, 3.8) is 0 Å². The minimum absolute atomic E-state index is 0. The van der Waals surface area contributed by atoms with Gasteiger partial charge < -0.3 is 15.4 Å². The Morgan fingerprint density at radius 1 is 1.25 bits per heavy atom. The lowest BCUT2D eigenvalue weighted by atomic mass is 9.99. The van der Waals surface area contributed by atoms with Crippen LogP contribution in [0.1, 0.15) is 45.5 Å². The Balaban J connectivity index is 0.00000225. The molecule has 6 heteroatoms. The van der Waals surface area contributed by atoms with Gasteiger partial charge in [0.1, 0.15) is 5.75 Å². The van der Waals surface area contributed by atoms with E-state index in [0.717, 1.165) is 49.2 Å². The molecule has 2 aromatic rings. The van der Waals surface area contributed by atoms with Gasteiger partial charge in [-0.2, -0.15) is 0 Å². The third-order valence-corrected chi connectivity index (χ3v) is 5.68. The molecule has 5 nitrogen and oxygen atoms in total. The highest BCUT2D eigenvalue weighted by atomic mass is 35.5. The van der Waals surface area contributed by atoms with Crippen molar-refractivity contribution in [2.75, 3.05) is 20.2 Å². The van der Waals surface area contributed by atoms with Gasteiger partial charge in [0.05, 0.1) is 12.7 Å². The number of aryl methyl sites for hydroxylation is 2. The van der Waals surface area contributed by atoms with Gasteiger partial charge in [-0.15, -0.1) is 12.4 Å². The Morgan fingerprint density at radius 3 is 2.82 bits per heavy atom. The molecule has 150 valence electrons. The van der Waals surface area contributed by atoms with Crippen LogP contribution in [-0.2, 0) is 25.8 Å². The summed E-state index contributed by atoms with van der Waals surface area (Å²) in [4.78, 5) is 16.9. The van der Waals surface area contributed by atoms with Crippen LogP contribution in [0.4, 0.5) is 0 Å². The molecule has 1 aromatic heterocycles. The van der Waals surface area contributed by atoms with E-state index in [4.69, 9.17) is 4.74 Å². The van der Waals surface area contributed by atoms with Crippen LogP contribution in [0.5, 0.6) is 5.75 Å². The summed E-state index contributed by atoms with van der Waals surface area (Å²) in [5.74, 6) is 1.41. The molecule has 0 bridgehead atoms. The third kappa shape index (κ3) is 4.65. The predicted molar refractivity (Wildman–Crippen MR) is 112 cm³/mol. The fourth-order valence-corrected chi connectivity index (χ4v) is 4.20. The second-order valence-electron chi connectivity index (χ2n) is 7.61. The number of nitrogens with zero attached hydrogens (tertiary/aromatic N) is 1. The van der Waals surface area contributed by atoms with Gasteiger partial charge in [-0.05, 0) is 79.9 Å². The maximum Gasteiger partial charge on any atom is 0.253 e. The smallest absolute Gasteiger partial charge is 0.253 e. The molecule has 0 saturated carbocycles. The fourth-order valence-electron chi connectivity index (χ4n) is 4.20. The Labute approximate surface area is 172 Å². The van der Waals surface area contributed by atoms with Gasteiger partial charge in [-0.3, -0.25) is 9.78 Å². The molecule has 1 unspecified atom stereocenters. The molecule has 1 aliphatic carbocycles. The van der Waals surface area contributed by atoms with Crippen LogP contribution in [0.15, 0.2) is 30.6 Å². The van der Waals surface area contributed by atoms with Gasteiger partial charge in [0.2, 0.25) is 0 Å². The van der Waals surface area contributed by atoms with Crippen LogP contribution in [0.2, 0.25) is 0 Å². The van der Waals surface area contributed by atoms with Crippen LogP contribution in [0.3, 0.4) is 0 Å². The van der Waals surface area contributed by atoms with E-state index < -0.39 is 0 Å². The van der Waals surface area contributed by atoms with E-state index >= 15 is 0 Å². The first-order chi connectivity index (χ1) is 13.2. The predicted octanol–water partition coefficient (Wildman–Crippen LogP) is 3.08. The van der Waals surface area contributed by atoms with Gasteiger partial charge in [0.15, 0.2) is 0 Å². The lowest BCUT2D eigenvalue weighted by Gasteiger charge is -2.13. The molecule has 1 aliphatic heterocycles. The number of pyridine rings is 1. The van der Waals surface area contributed by atoms with Crippen LogP contribution < -0.4 is 15.4 Å². The lowest BCUT2D eigenvalue weighted by Crippen LogP contribution is -2.23. The second kappa shape index (κ2) is 9.39. The van der Waals surface area contributed by atoms with Crippen molar-refractivity contribution in [1.29, 1.82) is 0 Å². The first-order valence-electron chi connectivity index (χ1n) is 9.84. The van der Waals surface area contributed by atoms with Crippen molar-refractivity contribution < 1.29 is 9.53 Å². The van der Waals surface area contributed by atoms with Gasteiger partial charge in [-0.1, -0.05) is 6.07 Å². The highest BCUT2D eigenvalue weighted by Crippen LogP contribution is 2.29. The molecule has 2 aliphatic rings. The number of hydrogen-bond donors (Lipinski definition) is 2. The molecule has 0 spiro atoms. The van der Waals surface area contributed by atoms with Crippen LogP contribution in [-0.4, -0.2) is 31.1 Å². The minimum Gasteiger partial charge on any atom is -0.496 e. The molecule has 2 N–H and O–H groups in total. The number of halogens is 1. The topological polar surface area (TPSA) is 63.2 Å². The molecule has 2 heterocycles. The lowest BCUT2D eigenvalue weighted by molar-refractivity contribution is 0.0950. The number of hydrogen-bond acceptors (Lipinski definition) is 4. The molecule has 28 heavy (non-hydrogen) atoms. The molecular formula is C22H28ClN3O2. The van der Waals surface area contributed by atoms with Crippen LogP contribution >= 0.6 is 12.4 Å². The summed E-state index contributed by atoms with van der Waals surface area (Å²) in [6.07, 6.45) is 9.11. The highest BCUT2D eigenvalue weighted by Gasteiger charge is 2.17. The largest absolute Gasteiger partial charge is 0.496 e. The molecule has 0 radical (unpaired) electrons. The number of rotatable bonds is 6. The van der Waals surface area contributed by atoms with Gasteiger partial charge in [0, 0.05) is 24.5 Å². The summed E-state index contributed by atoms with van der Waals surface area (Å²) < 4.78 is 5.53. The van der Waals surface area contributed by atoms with Crippen molar-refractivity contribution in [3.8, 4) is 5.75 Å². The standard InChI is InChI=1S/C22H27N3O2.ClH/c1-27-21-10-18-4-2-3-17(18)9-19(21)14-25-22(26)20-8-16(12-24-13-20)7-15-5-6-23-11-15;/h8-10,12-13,15,23H,2-7,11,14H2,1H3,(H,25,26);1H. The molecule has 1 aromatic carbocycles. The van der Waals surface area contributed by atoms with Gasteiger partial charge in [0.25, 0.3) is 5.91 Å². The van der Waals surface area contributed by atoms with Crippen molar-refractivity contribution in [1.82, 2.24) is 15.6 Å². The second-order valence-corrected chi connectivity index (χ2v) is 7.61. The van der Waals surface area contributed by atoms with E-state index in [0.29, 0.717) is 18.0 Å². The average Bonchev–Trinajstić information content (AvgIpc) is 3.36. The molecule has 1 atom stereocenters. The maximum atomic E-state index is 12.6. The Bertz CT molecular complexity index is 835. The van der Waals surface area contributed by atoms with Crippen molar-refractivity contribution in [2.45, 2.75) is 38.6 Å². The maximum absolute atomic E-state index is 12.6.